The Balaban J connectivity index is 1.96. The average molecular weight is 332 g/mol. The first-order valence-electron chi connectivity index (χ1n) is 8.34. The minimum Gasteiger partial charge on any atom is -0.468 e. The summed E-state index contributed by atoms with van der Waals surface area (Å²) in [7, 11) is 0. The Morgan fingerprint density at radius 1 is 1.29 bits per heavy atom. The van der Waals surface area contributed by atoms with E-state index in [0.717, 1.165) is 18.8 Å². The molecule has 1 atom stereocenters. The third kappa shape index (κ3) is 4.52. The van der Waals surface area contributed by atoms with Crippen LogP contribution in [-0.2, 0) is 0 Å². The fourth-order valence-corrected chi connectivity index (χ4v) is 2.75. The van der Waals surface area contributed by atoms with Crippen LogP contribution in [-0.4, -0.2) is 36.9 Å². The standard InChI is InChI=1S/C19H25FN2O2/c1-4-22(5-2)17(19-7-6-10-24-19)12-21-13-18(23)15-9-8-14(3)16(20)11-15/h6-11,17,21H,4-5,12-13H2,1-3H3. The van der Waals surface area contributed by atoms with Crippen molar-refractivity contribution < 1.29 is 13.6 Å². The Labute approximate surface area is 142 Å². The molecular formula is C19H25FN2O2. The van der Waals surface area contributed by atoms with Gasteiger partial charge in [0.15, 0.2) is 5.78 Å². The van der Waals surface area contributed by atoms with Crippen LogP contribution >= 0.6 is 0 Å². The van der Waals surface area contributed by atoms with Crippen LogP contribution in [0.15, 0.2) is 41.0 Å². The number of nitrogens with zero attached hydrogens (tertiary/aromatic N) is 1. The number of rotatable bonds is 9. The lowest BCUT2D eigenvalue weighted by Crippen LogP contribution is -2.37. The molecule has 1 aromatic heterocycles. The number of nitrogens with one attached hydrogen (secondary N) is 1. The Morgan fingerprint density at radius 2 is 2.04 bits per heavy atom. The van der Waals surface area contributed by atoms with Gasteiger partial charge in [-0.25, -0.2) is 4.39 Å². The van der Waals surface area contributed by atoms with E-state index in [1.54, 1.807) is 25.3 Å². The van der Waals surface area contributed by atoms with Gasteiger partial charge in [-0.15, -0.1) is 0 Å². The van der Waals surface area contributed by atoms with Gasteiger partial charge in [-0.3, -0.25) is 9.69 Å². The van der Waals surface area contributed by atoms with E-state index in [-0.39, 0.29) is 24.2 Å². The molecule has 24 heavy (non-hydrogen) atoms. The summed E-state index contributed by atoms with van der Waals surface area (Å²) in [5.74, 6) is 0.407. The number of halogens is 1. The molecule has 1 N–H and O–H groups in total. The molecule has 0 bridgehead atoms. The molecule has 0 amide bonds. The minimum absolute atomic E-state index is 0.0672. The number of Topliss-reactive ketones (excluding diaryl/α,β-unsaturated/α-hetero) is 1. The van der Waals surface area contributed by atoms with E-state index in [1.807, 2.05) is 12.1 Å². The lowest BCUT2D eigenvalue weighted by molar-refractivity contribution is 0.0984. The molecule has 0 saturated heterocycles. The van der Waals surface area contributed by atoms with Gasteiger partial charge in [0.25, 0.3) is 0 Å². The van der Waals surface area contributed by atoms with Crippen molar-refractivity contribution in [3.63, 3.8) is 0 Å². The van der Waals surface area contributed by atoms with E-state index >= 15 is 0 Å². The van der Waals surface area contributed by atoms with E-state index in [4.69, 9.17) is 4.42 Å². The Morgan fingerprint density at radius 3 is 2.62 bits per heavy atom. The van der Waals surface area contributed by atoms with E-state index < -0.39 is 0 Å². The fourth-order valence-electron chi connectivity index (χ4n) is 2.75. The predicted octanol–water partition coefficient (Wildman–Crippen LogP) is 3.58. The van der Waals surface area contributed by atoms with Gasteiger partial charge in [-0.2, -0.15) is 0 Å². The largest absolute Gasteiger partial charge is 0.468 e. The molecule has 1 heterocycles. The zero-order chi connectivity index (χ0) is 17.5. The molecule has 0 spiro atoms. The Kier molecular flexibility index (Phi) is 6.70. The van der Waals surface area contributed by atoms with E-state index in [1.165, 1.54) is 6.07 Å². The van der Waals surface area contributed by atoms with E-state index in [0.29, 0.717) is 17.7 Å². The van der Waals surface area contributed by atoms with Crippen LogP contribution in [0.1, 0.15) is 41.6 Å². The summed E-state index contributed by atoms with van der Waals surface area (Å²) < 4.78 is 19.1. The number of aryl methyl sites for hydroxylation is 1. The van der Waals surface area contributed by atoms with Crippen molar-refractivity contribution in [2.75, 3.05) is 26.2 Å². The summed E-state index contributed by atoms with van der Waals surface area (Å²) in [4.78, 5) is 14.5. The normalized spacial score (nSPS) is 12.5. The highest BCUT2D eigenvalue weighted by atomic mass is 19.1. The quantitative estimate of drug-likeness (QED) is 0.713. The van der Waals surface area contributed by atoms with Gasteiger partial charge in [-0.05, 0) is 43.8 Å². The van der Waals surface area contributed by atoms with Crippen molar-refractivity contribution >= 4 is 5.78 Å². The molecule has 1 unspecified atom stereocenters. The first-order valence-corrected chi connectivity index (χ1v) is 8.34. The number of carbonyl (C=O) groups excluding carboxylic acids is 1. The van der Waals surface area contributed by atoms with Crippen LogP contribution in [0.25, 0.3) is 0 Å². The molecule has 0 saturated carbocycles. The molecular weight excluding hydrogens is 307 g/mol. The summed E-state index contributed by atoms with van der Waals surface area (Å²) in [6.45, 7) is 8.41. The molecule has 0 radical (unpaired) electrons. The molecule has 130 valence electrons. The number of benzene rings is 1. The van der Waals surface area contributed by atoms with Crippen LogP contribution in [0.4, 0.5) is 4.39 Å². The first kappa shape index (κ1) is 18.4. The topological polar surface area (TPSA) is 45.5 Å². The summed E-state index contributed by atoms with van der Waals surface area (Å²) in [6, 6.07) is 8.47. The van der Waals surface area contributed by atoms with Gasteiger partial charge >= 0.3 is 0 Å². The summed E-state index contributed by atoms with van der Waals surface area (Å²) >= 11 is 0. The van der Waals surface area contributed by atoms with Crippen molar-refractivity contribution in [2.24, 2.45) is 0 Å². The number of carbonyl (C=O) groups is 1. The van der Waals surface area contributed by atoms with Crippen LogP contribution in [0.3, 0.4) is 0 Å². The second-order valence-electron chi connectivity index (χ2n) is 5.77. The second kappa shape index (κ2) is 8.76. The lowest BCUT2D eigenvalue weighted by Gasteiger charge is -2.28. The maximum absolute atomic E-state index is 13.6. The Hall–Kier alpha value is -1.98. The van der Waals surface area contributed by atoms with Crippen molar-refractivity contribution in [1.29, 1.82) is 0 Å². The highest BCUT2D eigenvalue weighted by Crippen LogP contribution is 2.20. The van der Waals surface area contributed by atoms with Crippen molar-refractivity contribution in [2.45, 2.75) is 26.8 Å². The predicted molar refractivity (Wildman–Crippen MR) is 92.7 cm³/mol. The first-order chi connectivity index (χ1) is 11.6. The highest BCUT2D eigenvalue weighted by Gasteiger charge is 2.20. The summed E-state index contributed by atoms with van der Waals surface area (Å²) in [5.41, 5.74) is 0.932. The number of hydrogen-bond donors (Lipinski definition) is 1. The third-order valence-corrected chi connectivity index (χ3v) is 4.24. The van der Waals surface area contributed by atoms with Gasteiger partial charge in [0.05, 0.1) is 18.8 Å². The van der Waals surface area contributed by atoms with Crippen molar-refractivity contribution in [3.8, 4) is 0 Å². The monoisotopic (exact) mass is 332 g/mol. The lowest BCUT2D eigenvalue weighted by atomic mass is 10.1. The van der Waals surface area contributed by atoms with Gasteiger partial charge in [0.1, 0.15) is 11.6 Å². The van der Waals surface area contributed by atoms with Crippen molar-refractivity contribution in [3.05, 3.63) is 59.3 Å². The molecule has 5 heteroatoms. The van der Waals surface area contributed by atoms with Crippen LogP contribution < -0.4 is 5.32 Å². The number of hydrogen-bond acceptors (Lipinski definition) is 4. The highest BCUT2D eigenvalue weighted by molar-refractivity contribution is 5.97. The van der Waals surface area contributed by atoms with Gasteiger partial charge in [-0.1, -0.05) is 26.0 Å². The maximum atomic E-state index is 13.6. The molecule has 2 aromatic rings. The number of furan rings is 1. The second-order valence-corrected chi connectivity index (χ2v) is 5.77. The summed E-state index contributed by atoms with van der Waals surface area (Å²) in [5, 5.41) is 3.18. The van der Waals surface area contributed by atoms with Gasteiger partial charge in [0.2, 0.25) is 0 Å². The Bertz CT molecular complexity index is 651. The molecule has 2 rings (SSSR count). The number of ketones is 1. The zero-order valence-corrected chi connectivity index (χ0v) is 14.5. The fraction of sp³-hybridized carbons (Fsp3) is 0.421. The van der Waals surface area contributed by atoms with Crippen LogP contribution in [0.5, 0.6) is 0 Å². The molecule has 0 aliphatic heterocycles. The molecule has 1 aromatic carbocycles. The van der Waals surface area contributed by atoms with Crippen LogP contribution in [0.2, 0.25) is 0 Å². The molecule has 0 fully saturated rings. The smallest absolute Gasteiger partial charge is 0.176 e. The van der Waals surface area contributed by atoms with Gasteiger partial charge < -0.3 is 9.73 Å². The average Bonchev–Trinajstić information content (AvgIpc) is 3.11. The minimum atomic E-state index is -0.350. The van der Waals surface area contributed by atoms with E-state index in [2.05, 4.69) is 24.1 Å². The molecule has 0 aliphatic carbocycles. The van der Waals surface area contributed by atoms with Crippen molar-refractivity contribution in [1.82, 2.24) is 10.2 Å². The summed E-state index contributed by atoms with van der Waals surface area (Å²) in [6.07, 6.45) is 1.66. The maximum Gasteiger partial charge on any atom is 0.176 e. The molecule has 4 nitrogen and oxygen atoms in total. The van der Waals surface area contributed by atoms with Crippen LogP contribution in [0, 0.1) is 12.7 Å². The van der Waals surface area contributed by atoms with Gasteiger partial charge in [0, 0.05) is 12.1 Å². The molecule has 0 aliphatic rings. The van der Waals surface area contributed by atoms with E-state index in [9.17, 15) is 9.18 Å². The third-order valence-electron chi connectivity index (χ3n) is 4.24. The zero-order valence-electron chi connectivity index (χ0n) is 14.5. The SMILES string of the molecule is CCN(CC)C(CNCC(=O)c1ccc(C)c(F)c1)c1ccco1. The number of likely N-dealkylation sites (N-methyl/N-ethyl adjacent to an activating group) is 1.